The molecule has 0 aromatic rings. The molecule has 0 saturated carbocycles. The Bertz CT molecular complexity index is 214. The standard InChI is InChI=1S/C13H28N2O/c1-6-8-13(5,14)12(16)15-11(4)9-10(3)7-2/h10-11H,6-9,14H2,1-5H3,(H,15,16). The smallest absolute Gasteiger partial charge is 0.240 e. The summed E-state index contributed by atoms with van der Waals surface area (Å²) in [6, 6.07) is 0.210. The highest BCUT2D eigenvalue weighted by molar-refractivity contribution is 5.85. The summed E-state index contributed by atoms with van der Waals surface area (Å²) < 4.78 is 0. The summed E-state index contributed by atoms with van der Waals surface area (Å²) in [5, 5.41) is 3.01. The molecule has 0 aliphatic carbocycles. The Kier molecular flexibility index (Phi) is 6.65. The van der Waals surface area contributed by atoms with E-state index in [1.807, 2.05) is 20.8 Å². The highest BCUT2D eigenvalue weighted by Crippen LogP contribution is 2.12. The van der Waals surface area contributed by atoms with Gasteiger partial charge < -0.3 is 11.1 Å². The molecule has 3 atom stereocenters. The third-order valence-electron chi connectivity index (χ3n) is 3.12. The Morgan fingerprint density at radius 1 is 1.38 bits per heavy atom. The Hall–Kier alpha value is -0.570. The molecule has 0 saturated heterocycles. The van der Waals surface area contributed by atoms with Crippen molar-refractivity contribution in [2.24, 2.45) is 11.7 Å². The van der Waals surface area contributed by atoms with Gasteiger partial charge >= 0.3 is 0 Å². The molecule has 0 radical (unpaired) electrons. The van der Waals surface area contributed by atoms with E-state index >= 15 is 0 Å². The maximum Gasteiger partial charge on any atom is 0.240 e. The van der Waals surface area contributed by atoms with E-state index in [2.05, 4.69) is 19.2 Å². The van der Waals surface area contributed by atoms with Gasteiger partial charge in [0.25, 0.3) is 0 Å². The van der Waals surface area contributed by atoms with E-state index in [0.29, 0.717) is 5.92 Å². The molecule has 0 heterocycles. The highest BCUT2D eigenvalue weighted by atomic mass is 16.2. The predicted molar refractivity (Wildman–Crippen MR) is 69.2 cm³/mol. The van der Waals surface area contributed by atoms with Crippen LogP contribution in [0.1, 0.15) is 60.3 Å². The van der Waals surface area contributed by atoms with Crippen LogP contribution >= 0.6 is 0 Å². The third-order valence-corrected chi connectivity index (χ3v) is 3.12. The van der Waals surface area contributed by atoms with E-state index in [-0.39, 0.29) is 11.9 Å². The topological polar surface area (TPSA) is 55.1 Å². The second-order valence-electron chi connectivity index (χ2n) is 5.29. The van der Waals surface area contributed by atoms with Crippen molar-refractivity contribution in [2.45, 2.75) is 71.9 Å². The van der Waals surface area contributed by atoms with E-state index in [9.17, 15) is 4.79 Å². The fraction of sp³-hybridized carbons (Fsp3) is 0.923. The molecule has 3 unspecified atom stereocenters. The van der Waals surface area contributed by atoms with Crippen LogP contribution in [0, 0.1) is 5.92 Å². The lowest BCUT2D eigenvalue weighted by Crippen LogP contribution is -2.53. The lowest BCUT2D eigenvalue weighted by Gasteiger charge is -2.26. The number of carbonyl (C=O) groups excluding carboxylic acids is 1. The number of nitrogens with one attached hydrogen (secondary N) is 1. The molecule has 3 heteroatoms. The van der Waals surface area contributed by atoms with Gasteiger partial charge in [0.1, 0.15) is 0 Å². The van der Waals surface area contributed by atoms with Gasteiger partial charge in [-0.05, 0) is 32.6 Å². The van der Waals surface area contributed by atoms with E-state index in [1.165, 1.54) is 0 Å². The van der Waals surface area contributed by atoms with Gasteiger partial charge in [-0.2, -0.15) is 0 Å². The van der Waals surface area contributed by atoms with E-state index in [4.69, 9.17) is 5.73 Å². The molecule has 0 aromatic heterocycles. The molecule has 0 fully saturated rings. The van der Waals surface area contributed by atoms with Crippen LogP contribution in [0.3, 0.4) is 0 Å². The number of hydrogen-bond donors (Lipinski definition) is 2. The maximum absolute atomic E-state index is 11.9. The van der Waals surface area contributed by atoms with Crippen LogP contribution in [0.25, 0.3) is 0 Å². The maximum atomic E-state index is 11.9. The first kappa shape index (κ1) is 15.4. The van der Waals surface area contributed by atoms with E-state index in [0.717, 1.165) is 25.7 Å². The minimum atomic E-state index is -0.724. The van der Waals surface area contributed by atoms with Crippen LogP contribution in [0.4, 0.5) is 0 Å². The van der Waals surface area contributed by atoms with Crippen molar-refractivity contribution in [2.75, 3.05) is 0 Å². The summed E-state index contributed by atoms with van der Waals surface area (Å²) in [6.07, 6.45) is 3.83. The monoisotopic (exact) mass is 228 g/mol. The summed E-state index contributed by atoms with van der Waals surface area (Å²) in [7, 11) is 0. The fourth-order valence-corrected chi connectivity index (χ4v) is 1.85. The molecule has 3 N–H and O–H groups in total. The molecule has 1 amide bonds. The predicted octanol–water partition coefficient (Wildman–Crippen LogP) is 2.44. The van der Waals surface area contributed by atoms with Crippen molar-refractivity contribution in [1.29, 1.82) is 0 Å². The first-order valence-corrected chi connectivity index (χ1v) is 6.43. The molecule has 0 spiro atoms. The van der Waals surface area contributed by atoms with Crippen LogP contribution in [-0.2, 0) is 4.79 Å². The van der Waals surface area contributed by atoms with Gasteiger partial charge in [-0.25, -0.2) is 0 Å². The summed E-state index contributed by atoms with van der Waals surface area (Å²) in [5.41, 5.74) is 5.25. The highest BCUT2D eigenvalue weighted by Gasteiger charge is 2.28. The molecular weight excluding hydrogens is 200 g/mol. The van der Waals surface area contributed by atoms with Gasteiger partial charge in [0.05, 0.1) is 5.54 Å². The van der Waals surface area contributed by atoms with Crippen molar-refractivity contribution >= 4 is 5.91 Å². The molecule has 16 heavy (non-hydrogen) atoms. The number of carbonyl (C=O) groups is 1. The van der Waals surface area contributed by atoms with Gasteiger partial charge in [-0.3, -0.25) is 4.79 Å². The zero-order valence-corrected chi connectivity index (χ0v) is 11.5. The number of rotatable bonds is 7. The number of amides is 1. The lowest BCUT2D eigenvalue weighted by atomic mass is 9.95. The summed E-state index contributed by atoms with van der Waals surface area (Å²) in [5.74, 6) is 0.621. The van der Waals surface area contributed by atoms with Crippen LogP contribution in [0.2, 0.25) is 0 Å². The largest absolute Gasteiger partial charge is 0.352 e. The normalized spacial score (nSPS) is 18.6. The second-order valence-corrected chi connectivity index (χ2v) is 5.29. The Morgan fingerprint density at radius 2 is 1.94 bits per heavy atom. The number of nitrogens with two attached hydrogens (primary N) is 1. The molecule has 3 nitrogen and oxygen atoms in total. The zero-order chi connectivity index (χ0) is 12.8. The Balaban J connectivity index is 4.13. The van der Waals surface area contributed by atoms with Crippen molar-refractivity contribution in [3.63, 3.8) is 0 Å². The van der Waals surface area contributed by atoms with Crippen LogP contribution < -0.4 is 11.1 Å². The molecule has 0 bridgehead atoms. The van der Waals surface area contributed by atoms with Crippen molar-refractivity contribution < 1.29 is 4.79 Å². The van der Waals surface area contributed by atoms with E-state index in [1.54, 1.807) is 0 Å². The van der Waals surface area contributed by atoms with Crippen molar-refractivity contribution in [1.82, 2.24) is 5.32 Å². The average Bonchev–Trinajstić information content (AvgIpc) is 2.17. The minimum Gasteiger partial charge on any atom is -0.352 e. The minimum absolute atomic E-state index is 0.0230. The van der Waals surface area contributed by atoms with Crippen LogP contribution in [0.5, 0.6) is 0 Å². The molecule has 96 valence electrons. The van der Waals surface area contributed by atoms with E-state index < -0.39 is 5.54 Å². The summed E-state index contributed by atoms with van der Waals surface area (Å²) >= 11 is 0. The molecule has 0 aliphatic rings. The van der Waals surface area contributed by atoms with Crippen molar-refractivity contribution in [3.05, 3.63) is 0 Å². The first-order chi connectivity index (χ1) is 7.33. The second kappa shape index (κ2) is 6.89. The van der Waals surface area contributed by atoms with Crippen LogP contribution in [0.15, 0.2) is 0 Å². The average molecular weight is 228 g/mol. The van der Waals surface area contributed by atoms with Crippen molar-refractivity contribution in [3.8, 4) is 0 Å². The molecule has 0 aromatic carbocycles. The first-order valence-electron chi connectivity index (χ1n) is 6.43. The quantitative estimate of drug-likeness (QED) is 0.703. The Morgan fingerprint density at radius 3 is 2.38 bits per heavy atom. The Labute approximate surface area is 100 Å². The van der Waals surface area contributed by atoms with Gasteiger partial charge in [-0.1, -0.05) is 33.6 Å². The summed E-state index contributed by atoms with van der Waals surface area (Å²) in [6.45, 7) is 10.3. The SMILES string of the molecule is CCCC(C)(N)C(=O)NC(C)CC(C)CC. The van der Waals surface area contributed by atoms with Gasteiger partial charge in [0.2, 0.25) is 5.91 Å². The fourth-order valence-electron chi connectivity index (χ4n) is 1.85. The lowest BCUT2D eigenvalue weighted by molar-refractivity contribution is -0.126. The van der Waals surface area contributed by atoms with Gasteiger partial charge in [0, 0.05) is 6.04 Å². The zero-order valence-electron chi connectivity index (χ0n) is 11.5. The summed E-state index contributed by atoms with van der Waals surface area (Å²) in [4.78, 5) is 11.9. The van der Waals surface area contributed by atoms with Gasteiger partial charge in [-0.15, -0.1) is 0 Å². The molecule has 0 aliphatic heterocycles. The molecule has 0 rings (SSSR count). The third kappa shape index (κ3) is 5.50. The van der Waals surface area contributed by atoms with Crippen LogP contribution in [-0.4, -0.2) is 17.5 Å². The number of hydrogen-bond acceptors (Lipinski definition) is 2. The molecular formula is C13H28N2O. The van der Waals surface area contributed by atoms with Gasteiger partial charge in [0.15, 0.2) is 0 Å².